The van der Waals surface area contributed by atoms with Gasteiger partial charge in [-0.2, -0.15) is 0 Å². The number of aromatic nitrogens is 1. The average molecular weight is 533 g/mol. The van der Waals surface area contributed by atoms with Crippen LogP contribution in [0.4, 0.5) is 5.13 Å². The van der Waals surface area contributed by atoms with Crippen LogP contribution in [0.3, 0.4) is 0 Å². The minimum absolute atomic E-state index is 0. The van der Waals surface area contributed by atoms with Crippen molar-refractivity contribution in [1.29, 1.82) is 0 Å². The third-order valence-corrected chi connectivity index (χ3v) is 7.40. The number of anilines is 1. The molecule has 0 bridgehead atoms. The van der Waals surface area contributed by atoms with E-state index in [2.05, 4.69) is 44.2 Å². The van der Waals surface area contributed by atoms with Crippen molar-refractivity contribution in [2.24, 2.45) is 16.6 Å². The molecule has 0 aliphatic carbocycles. The number of likely N-dealkylation sites (tertiary alicyclic amines) is 1. The molecule has 2 N–H and O–H groups in total. The van der Waals surface area contributed by atoms with Crippen LogP contribution in [0.25, 0.3) is 0 Å². The first-order valence-electron chi connectivity index (χ1n) is 9.65. The molecule has 154 valence electrons. The summed E-state index contributed by atoms with van der Waals surface area (Å²) >= 11 is 3.55. The molecule has 4 heterocycles. The van der Waals surface area contributed by atoms with Crippen molar-refractivity contribution >= 4 is 57.7 Å². The van der Waals surface area contributed by atoms with Gasteiger partial charge in [0.2, 0.25) is 0 Å². The monoisotopic (exact) mass is 532 g/mol. The van der Waals surface area contributed by atoms with Crippen LogP contribution in [-0.2, 0) is 0 Å². The number of nitrogens with two attached hydrogens (primary N) is 1. The number of piperidine rings is 1. The predicted molar refractivity (Wildman–Crippen MR) is 130 cm³/mol. The molecule has 2 fully saturated rings. The SMILES string of the molecule is CN1CCCC(CN=C(N)N2CCN(c3nccs3)CC2)C1c1cccs1.I. The molecule has 9 heteroatoms. The van der Waals surface area contributed by atoms with Crippen molar-refractivity contribution in [3.8, 4) is 0 Å². The Hall–Kier alpha value is -0.910. The Balaban J connectivity index is 0.00000225. The van der Waals surface area contributed by atoms with E-state index in [0.29, 0.717) is 17.9 Å². The normalized spacial score (nSPS) is 24.2. The molecule has 0 spiro atoms. The number of nitrogens with zero attached hydrogens (tertiary/aromatic N) is 5. The lowest BCUT2D eigenvalue weighted by atomic mass is 9.88. The summed E-state index contributed by atoms with van der Waals surface area (Å²) in [6.07, 6.45) is 4.33. The zero-order chi connectivity index (χ0) is 18.6. The van der Waals surface area contributed by atoms with Crippen LogP contribution in [0.5, 0.6) is 0 Å². The Bertz CT molecular complexity index is 728. The van der Waals surface area contributed by atoms with E-state index in [4.69, 9.17) is 10.7 Å². The molecule has 2 saturated heterocycles. The summed E-state index contributed by atoms with van der Waals surface area (Å²) in [7, 11) is 2.24. The zero-order valence-electron chi connectivity index (χ0n) is 16.2. The molecule has 2 atom stereocenters. The fourth-order valence-corrected chi connectivity index (χ4v) is 5.85. The number of piperazine rings is 1. The van der Waals surface area contributed by atoms with Crippen LogP contribution >= 0.6 is 46.7 Å². The Morgan fingerprint density at radius 2 is 2.04 bits per heavy atom. The van der Waals surface area contributed by atoms with Crippen LogP contribution < -0.4 is 10.6 Å². The number of guanidine groups is 1. The zero-order valence-corrected chi connectivity index (χ0v) is 20.2. The number of hydrogen-bond acceptors (Lipinski definition) is 6. The number of rotatable bonds is 4. The van der Waals surface area contributed by atoms with Crippen LogP contribution in [0.15, 0.2) is 34.1 Å². The van der Waals surface area contributed by atoms with Gasteiger partial charge in [0.15, 0.2) is 11.1 Å². The number of thiophene rings is 1. The highest BCUT2D eigenvalue weighted by Crippen LogP contribution is 2.37. The maximum absolute atomic E-state index is 6.36. The maximum atomic E-state index is 6.36. The molecule has 0 aromatic carbocycles. The summed E-state index contributed by atoms with van der Waals surface area (Å²) in [5.41, 5.74) is 6.36. The van der Waals surface area contributed by atoms with Crippen LogP contribution in [0.2, 0.25) is 0 Å². The molecule has 2 aromatic heterocycles. The van der Waals surface area contributed by atoms with Crippen molar-refractivity contribution in [3.05, 3.63) is 34.0 Å². The molecule has 2 unspecified atom stereocenters. The van der Waals surface area contributed by atoms with E-state index >= 15 is 0 Å². The second-order valence-corrected chi connectivity index (χ2v) is 9.18. The molecule has 2 aromatic rings. The summed E-state index contributed by atoms with van der Waals surface area (Å²) in [6, 6.07) is 4.88. The van der Waals surface area contributed by atoms with E-state index in [1.807, 2.05) is 22.9 Å². The van der Waals surface area contributed by atoms with Crippen molar-refractivity contribution in [3.63, 3.8) is 0 Å². The van der Waals surface area contributed by atoms with Gasteiger partial charge >= 0.3 is 0 Å². The molecule has 0 amide bonds. The van der Waals surface area contributed by atoms with E-state index in [1.165, 1.54) is 17.7 Å². The second-order valence-electron chi connectivity index (χ2n) is 7.33. The highest BCUT2D eigenvalue weighted by atomic mass is 127. The number of halogens is 1. The minimum Gasteiger partial charge on any atom is -0.370 e. The lowest BCUT2D eigenvalue weighted by molar-refractivity contribution is 0.128. The summed E-state index contributed by atoms with van der Waals surface area (Å²) in [5.74, 6) is 1.24. The fraction of sp³-hybridized carbons (Fsp3) is 0.579. The predicted octanol–water partition coefficient (Wildman–Crippen LogP) is 3.34. The molecular weight excluding hydrogens is 503 g/mol. The van der Waals surface area contributed by atoms with Gasteiger partial charge in [0.05, 0.1) is 0 Å². The van der Waals surface area contributed by atoms with Crippen LogP contribution in [0.1, 0.15) is 23.8 Å². The van der Waals surface area contributed by atoms with E-state index in [0.717, 1.165) is 44.4 Å². The van der Waals surface area contributed by atoms with Crippen molar-refractivity contribution < 1.29 is 0 Å². The van der Waals surface area contributed by atoms with Gasteiger partial charge in [0.1, 0.15) is 0 Å². The molecule has 2 aliphatic rings. The van der Waals surface area contributed by atoms with E-state index in [9.17, 15) is 0 Å². The molecule has 6 nitrogen and oxygen atoms in total. The third kappa shape index (κ3) is 4.98. The van der Waals surface area contributed by atoms with Gasteiger partial charge < -0.3 is 15.5 Å². The Labute approximate surface area is 192 Å². The molecule has 28 heavy (non-hydrogen) atoms. The van der Waals surface area contributed by atoms with Crippen molar-refractivity contribution in [2.45, 2.75) is 18.9 Å². The van der Waals surface area contributed by atoms with E-state index in [1.54, 1.807) is 11.3 Å². The first-order chi connectivity index (χ1) is 13.2. The number of aliphatic imine (C=N–C) groups is 1. The summed E-state index contributed by atoms with van der Waals surface area (Å²) in [6.45, 7) is 5.70. The van der Waals surface area contributed by atoms with Gasteiger partial charge in [-0.25, -0.2) is 4.98 Å². The highest BCUT2D eigenvalue weighted by Gasteiger charge is 2.31. The molecule has 2 aliphatic heterocycles. The van der Waals surface area contributed by atoms with Gasteiger partial charge in [0, 0.05) is 55.2 Å². The number of hydrogen-bond donors (Lipinski definition) is 1. The number of thiazole rings is 1. The maximum Gasteiger partial charge on any atom is 0.191 e. The van der Waals surface area contributed by atoms with Crippen molar-refractivity contribution in [1.82, 2.24) is 14.8 Å². The smallest absolute Gasteiger partial charge is 0.191 e. The highest BCUT2D eigenvalue weighted by molar-refractivity contribution is 14.0. The fourth-order valence-electron chi connectivity index (χ4n) is 4.17. The largest absolute Gasteiger partial charge is 0.370 e. The van der Waals surface area contributed by atoms with Crippen molar-refractivity contribution in [2.75, 3.05) is 51.2 Å². The first-order valence-corrected chi connectivity index (χ1v) is 11.4. The summed E-state index contributed by atoms with van der Waals surface area (Å²) < 4.78 is 0. The lowest BCUT2D eigenvalue weighted by Gasteiger charge is -2.38. The summed E-state index contributed by atoms with van der Waals surface area (Å²) in [4.78, 5) is 17.7. The average Bonchev–Trinajstić information content (AvgIpc) is 3.40. The van der Waals surface area contributed by atoms with Gasteiger partial charge in [-0.15, -0.1) is 46.7 Å². The quantitative estimate of drug-likeness (QED) is 0.372. The molecule has 0 saturated carbocycles. The topological polar surface area (TPSA) is 61.0 Å². The Morgan fingerprint density at radius 3 is 2.71 bits per heavy atom. The molecule has 0 radical (unpaired) electrons. The van der Waals surface area contributed by atoms with Gasteiger partial charge in [0.25, 0.3) is 0 Å². The molecule has 4 rings (SSSR count). The summed E-state index contributed by atoms with van der Waals surface area (Å²) in [5, 5.41) is 5.31. The first kappa shape index (κ1) is 21.8. The lowest BCUT2D eigenvalue weighted by Crippen LogP contribution is -2.51. The van der Waals surface area contributed by atoms with Gasteiger partial charge in [-0.1, -0.05) is 6.07 Å². The van der Waals surface area contributed by atoms with Crippen LogP contribution in [0, 0.1) is 5.92 Å². The van der Waals surface area contributed by atoms with Gasteiger partial charge in [-0.3, -0.25) is 9.89 Å². The standard InChI is InChI=1S/C19H28N6S2.HI/c1-23-7-2-4-15(17(23)16-5-3-12-26-16)14-22-18(20)24-8-10-25(11-9-24)19-21-6-13-27-19;/h3,5-6,12-13,15,17H,2,4,7-11,14H2,1H3,(H2,20,22);1H. The van der Waals surface area contributed by atoms with E-state index < -0.39 is 0 Å². The third-order valence-electron chi connectivity index (χ3n) is 5.62. The Morgan fingerprint density at radius 1 is 1.21 bits per heavy atom. The molecular formula is C19H29IN6S2. The van der Waals surface area contributed by atoms with E-state index in [-0.39, 0.29) is 24.0 Å². The minimum atomic E-state index is 0. The second kappa shape index (κ2) is 10.2. The Kier molecular flexibility index (Phi) is 7.95. The van der Waals surface area contributed by atoms with Gasteiger partial charge in [-0.05, 0) is 43.8 Å². The van der Waals surface area contributed by atoms with Crippen LogP contribution in [-0.4, -0.2) is 67.1 Å².